The Morgan fingerprint density at radius 3 is 2.38 bits per heavy atom. The van der Waals surface area contributed by atoms with Crippen molar-refractivity contribution in [3.63, 3.8) is 0 Å². The van der Waals surface area contributed by atoms with E-state index in [1.54, 1.807) is 0 Å². The Morgan fingerprint density at radius 1 is 1.23 bits per heavy atom. The molecule has 6 heteroatoms. The van der Waals surface area contributed by atoms with Gasteiger partial charge in [-0.15, -0.1) is 0 Å². The number of ether oxygens (including phenoxy) is 1. The van der Waals surface area contributed by atoms with Gasteiger partial charge in [-0.25, -0.2) is 4.39 Å². The highest BCUT2D eigenvalue weighted by atomic mass is 35.5. The molecular formula is C7H3Cl2F3O. The van der Waals surface area contributed by atoms with Crippen LogP contribution in [-0.4, -0.2) is 6.61 Å². The van der Waals surface area contributed by atoms with Gasteiger partial charge in [0.05, 0.1) is 5.02 Å². The van der Waals surface area contributed by atoms with Crippen molar-refractivity contribution < 1.29 is 17.9 Å². The highest BCUT2D eigenvalue weighted by molar-refractivity contribution is 6.37. The van der Waals surface area contributed by atoms with E-state index >= 15 is 0 Å². The van der Waals surface area contributed by atoms with Crippen molar-refractivity contribution in [3.05, 3.63) is 28.0 Å². The van der Waals surface area contributed by atoms with E-state index in [0.29, 0.717) is 0 Å². The molecule has 0 aliphatic carbocycles. The highest BCUT2D eigenvalue weighted by Crippen LogP contribution is 2.35. The maximum Gasteiger partial charge on any atom is 0.387 e. The molecule has 0 heterocycles. The van der Waals surface area contributed by atoms with Crippen molar-refractivity contribution in [2.75, 3.05) is 0 Å². The predicted octanol–water partition coefficient (Wildman–Crippen LogP) is 3.73. The van der Waals surface area contributed by atoms with E-state index in [-0.39, 0.29) is 5.02 Å². The molecule has 0 bridgehead atoms. The molecule has 0 saturated heterocycles. The van der Waals surface area contributed by atoms with Crippen molar-refractivity contribution in [2.24, 2.45) is 0 Å². The number of hydrogen-bond acceptors (Lipinski definition) is 1. The van der Waals surface area contributed by atoms with Crippen LogP contribution in [0.5, 0.6) is 5.75 Å². The van der Waals surface area contributed by atoms with Crippen LogP contribution in [0.25, 0.3) is 0 Å². The van der Waals surface area contributed by atoms with Crippen LogP contribution in [0.2, 0.25) is 10.0 Å². The largest absolute Gasteiger partial charge is 0.432 e. The van der Waals surface area contributed by atoms with Crippen molar-refractivity contribution in [3.8, 4) is 5.75 Å². The van der Waals surface area contributed by atoms with Crippen LogP contribution in [0.3, 0.4) is 0 Å². The second kappa shape index (κ2) is 4.07. The van der Waals surface area contributed by atoms with Crippen molar-refractivity contribution in [1.82, 2.24) is 0 Å². The van der Waals surface area contributed by atoms with Gasteiger partial charge in [-0.05, 0) is 12.1 Å². The summed E-state index contributed by atoms with van der Waals surface area (Å²) in [6.45, 7) is -3.09. The van der Waals surface area contributed by atoms with Crippen LogP contribution in [0, 0.1) is 5.82 Å². The second-order valence-electron chi connectivity index (χ2n) is 2.05. The molecule has 0 aliphatic rings. The van der Waals surface area contributed by atoms with Gasteiger partial charge in [-0.2, -0.15) is 8.78 Å². The van der Waals surface area contributed by atoms with Crippen LogP contribution in [-0.2, 0) is 0 Å². The molecule has 1 nitrogen and oxygen atoms in total. The Kier molecular flexibility index (Phi) is 3.27. The molecule has 0 aliphatic heterocycles. The minimum absolute atomic E-state index is 0.160. The van der Waals surface area contributed by atoms with Gasteiger partial charge in [0.1, 0.15) is 10.8 Å². The number of halogens is 5. The molecular weight excluding hydrogens is 228 g/mol. The third-order valence-electron chi connectivity index (χ3n) is 1.21. The summed E-state index contributed by atoms with van der Waals surface area (Å²) in [7, 11) is 0. The normalized spacial score (nSPS) is 10.6. The molecule has 0 spiro atoms. The Morgan fingerprint density at radius 2 is 1.85 bits per heavy atom. The summed E-state index contributed by atoms with van der Waals surface area (Å²) in [4.78, 5) is 0. The number of alkyl halides is 2. The third-order valence-corrected chi connectivity index (χ3v) is 1.86. The summed E-state index contributed by atoms with van der Waals surface area (Å²) >= 11 is 10.8. The minimum atomic E-state index is -3.09. The van der Waals surface area contributed by atoms with Gasteiger partial charge >= 0.3 is 6.61 Å². The van der Waals surface area contributed by atoms with E-state index in [2.05, 4.69) is 4.74 Å². The Bertz CT molecular complexity index is 317. The van der Waals surface area contributed by atoms with Gasteiger partial charge in [0.2, 0.25) is 0 Å². The Hall–Kier alpha value is -0.610. The fraction of sp³-hybridized carbons (Fsp3) is 0.143. The lowest BCUT2D eigenvalue weighted by Gasteiger charge is -2.08. The molecule has 0 fully saturated rings. The third kappa shape index (κ3) is 2.42. The molecule has 1 rings (SSSR count). The zero-order chi connectivity index (χ0) is 10.0. The summed E-state index contributed by atoms with van der Waals surface area (Å²) in [5.41, 5.74) is 0. The average molecular weight is 231 g/mol. The fourth-order valence-corrected chi connectivity index (χ4v) is 1.17. The average Bonchev–Trinajstić information content (AvgIpc) is 2.05. The lowest BCUT2D eigenvalue weighted by molar-refractivity contribution is -0.0498. The molecule has 1 aromatic rings. The van der Waals surface area contributed by atoms with Crippen LogP contribution in [0.15, 0.2) is 12.1 Å². The van der Waals surface area contributed by atoms with Gasteiger partial charge < -0.3 is 4.74 Å². The first-order valence-electron chi connectivity index (χ1n) is 3.10. The van der Waals surface area contributed by atoms with Crippen molar-refractivity contribution in [1.29, 1.82) is 0 Å². The molecule has 0 unspecified atom stereocenters. The second-order valence-corrected chi connectivity index (χ2v) is 2.84. The smallest absolute Gasteiger partial charge is 0.387 e. The first-order valence-corrected chi connectivity index (χ1v) is 3.86. The summed E-state index contributed by atoms with van der Waals surface area (Å²) in [5, 5.41) is -0.709. The summed E-state index contributed by atoms with van der Waals surface area (Å²) in [5.74, 6) is -1.40. The SMILES string of the molecule is Fc1ccc(Cl)c(OC(F)F)c1Cl. The molecule has 72 valence electrons. The molecule has 0 aromatic heterocycles. The fourth-order valence-electron chi connectivity index (χ4n) is 0.706. The van der Waals surface area contributed by atoms with Gasteiger partial charge in [0, 0.05) is 0 Å². The zero-order valence-corrected chi connectivity index (χ0v) is 7.54. The number of rotatable bonds is 2. The number of benzene rings is 1. The van der Waals surface area contributed by atoms with E-state index in [0.717, 1.165) is 12.1 Å². The van der Waals surface area contributed by atoms with Crippen LogP contribution < -0.4 is 4.74 Å². The topological polar surface area (TPSA) is 9.23 Å². The summed E-state index contributed by atoms with van der Waals surface area (Å²) < 4.78 is 40.1. The molecule has 0 atom stereocenters. The van der Waals surface area contributed by atoms with Crippen LogP contribution in [0.4, 0.5) is 13.2 Å². The first-order chi connectivity index (χ1) is 6.02. The maximum atomic E-state index is 12.7. The van der Waals surface area contributed by atoms with Gasteiger partial charge in [0.25, 0.3) is 0 Å². The zero-order valence-electron chi connectivity index (χ0n) is 6.03. The van der Waals surface area contributed by atoms with Crippen LogP contribution in [0.1, 0.15) is 0 Å². The van der Waals surface area contributed by atoms with E-state index < -0.39 is 23.2 Å². The molecule has 13 heavy (non-hydrogen) atoms. The lowest BCUT2D eigenvalue weighted by atomic mass is 10.3. The lowest BCUT2D eigenvalue weighted by Crippen LogP contribution is -2.03. The van der Waals surface area contributed by atoms with Gasteiger partial charge in [-0.1, -0.05) is 23.2 Å². The molecule has 0 N–H and O–H groups in total. The molecule has 0 saturated carbocycles. The minimum Gasteiger partial charge on any atom is -0.432 e. The predicted molar refractivity (Wildman–Crippen MR) is 43.1 cm³/mol. The maximum absolute atomic E-state index is 12.7. The summed E-state index contributed by atoms with van der Waals surface area (Å²) in [6, 6.07) is 2.05. The van der Waals surface area contributed by atoms with E-state index in [4.69, 9.17) is 23.2 Å². The first kappa shape index (κ1) is 10.5. The molecule has 1 aromatic carbocycles. The van der Waals surface area contributed by atoms with Crippen LogP contribution >= 0.6 is 23.2 Å². The quantitative estimate of drug-likeness (QED) is 0.704. The van der Waals surface area contributed by atoms with E-state index in [1.807, 2.05) is 0 Å². The molecule has 0 radical (unpaired) electrons. The highest BCUT2D eigenvalue weighted by Gasteiger charge is 2.15. The monoisotopic (exact) mass is 230 g/mol. The summed E-state index contributed by atoms with van der Waals surface area (Å²) in [6.07, 6.45) is 0. The van der Waals surface area contributed by atoms with Gasteiger partial charge in [-0.3, -0.25) is 0 Å². The number of hydrogen-bond donors (Lipinski definition) is 0. The standard InChI is InChI=1S/C7H3Cl2F3O/c8-3-1-2-4(10)5(9)6(3)13-7(11)12/h1-2,7H. The van der Waals surface area contributed by atoms with Crippen molar-refractivity contribution >= 4 is 23.2 Å². The van der Waals surface area contributed by atoms with E-state index in [9.17, 15) is 13.2 Å². The van der Waals surface area contributed by atoms with E-state index in [1.165, 1.54) is 0 Å². The Labute approximate surface area is 82.0 Å². The van der Waals surface area contributed by atoms with Gasteiger partial charge in [0.15, 0.2) is 5.75 Å². The Balaban J connectivity index is 3.10. The van der Waals surface area contributed by atoms with Crippen molar-refractivity contribution in [2.45, 2.75) is 6.61 Å². The molecule has 0 amide bonds.